The molecular weight excluding hydrogens is 228 g/mol. The van der Waals surface area contributed by atoms with Gasteiger partial charge >= 0.3 is 0 Å². The summed E-state index contributed by atoms with van der Waals surface area (Å²) < 4.78 is 5.61. The van der Waals surface area contributed by atoms with Gasteiger partial charge in [0, 0.05) is 5.92 Å². The van der Waals surface area contributed by atoms with Crippen molar-refractivity contribution in [1.29, 1.82) is 0 Å². The molecule has 0 fully saturated rings. The number of rotatable bonds is 5. The van der Waals surface area contributed by atoms with E-state index in [9.17, 15) is 9.90 Å². The topological polar surface area (TPSA) is 46.5 Å². The van der Waals surface area contributed by atoms with E-state index in [1.807, 2.05) is 19.9 Å². The lowest BCUT2D eigenvalue weighted by Gasteiger charge is -2.26. The molecule has 18 heavy (non-hydrogen) atoms. The van der Waals surface area contributed by atoms with E-state index in [4.69, 9.17) is 4.74 Å². The number of carbonyl (C=O) groups excluding carboxylic acids is 1. The van der Waals surface area contributed by atoms with E-state index in [-0.39, 0.29) is 11.7 Å². The number of hydrogen-bond acceptors (Lipinski definition) is 3. The minimum Gasteiger partial charge on any atom is -0.493 e. The third kappa shape index (κ3) is 3.33. The van der Waals surface area contributed by atoms with E-state index in [1.165, 1.54) is 13.8 Å². The Balaban J connectivity index is 2.98. The van der Waals surface area contributed by atoms with Crippen molar-refractivity contribution in [2.24, 2.45) is 5.92 Å². The fourth-order valence-corrected chi connectivity index (χ4v) is 2.16. The summed E-state index contributed by atoms with van der Waals surface area (Å²) in [6.45, 7) is 11.1. The molecule has 1 N–H and O–H groups in total. The highest BCUT2D eigenvalue weighted by molar-refractivity contribution is 6.01. The Morgan fingerprint density at radius 1 is 1.67 bits per heavy atom. The first-order chi connectivity index (χ1) is 8.27. The van der Waals surface area contributed by atoms with Gasteiger partial charge in [-0.2, -0.15) is 0 Å². The normalized spacial score (nSPS) is 20.5. The summed E-state index contributed by atoms with van der Waals surface area (Å²) in [5.41, 5.74) is 0.298. The zero-order chi connectivity index (χ0) is 13.9. The van der Waals surface area contributed by atoms with Gasteiger partial charge in [0.25, 0.3) is 0 Å². The molecule has 0 aromatic heterocycles. The van der Waals surface area contributed by atoms with Crippen molar-refractivity contribution < 1.29 is 14.6 Å². The van der Waals surface area contributed by atoms with Gasteiger partial charge in [-0.05, 0) is 44.4 Å². The van der Waals surface area contributed by atoms with Crippen molar-refractivity contribution in [3.8, 4) is 0 Å². The minimum absolute atomic E-state index is 0.149. The van der Waals surface area contributed by atoms with Crippen LogP contribution < -0.4 is 0 Å². The van der Waals surface area contributed by atoms with Gasteiger partial charge in [0.15, 0.2) is 5.78 Å². The Labute approximate surface area is 109 Å². The lowest BCUT2D eigenvalue weighted by atomic mass is 9.84. The highest BCUT2D eigenvalue weighted by Gasteiger charge is 2.31. The minimum atomic E-state index is -1.31. The molecule has 0 radical (unpaired) electrons. The first-order valence-corrected chi connectivity index (χ1v) is 6.19. The number of ketones is 1. The monoisotopic (exact) mass is 250 g/mol. The van der Waals surface area contributed by atoms with Crippen molar-refractivity contribution in [3.05, 3.63) is 35.6 Å². The Kier molecular flexibility index (Phi) is 4.52. The molecule has 1 aliphatic rings. The van der Waals surface area contributed by atoms with Crippen LogP contribution in [0.15, 0.2) is 35.6 Å². The molecule has 0 aromatic rings. The van der Waals surface area contributed by atoms with Crippen LogP contribution >= 0.6 is 0 Å². The molecule has 1 unspecified atom stereocenters. The maximum atomic E-state index is 12.0. The number of carbonyl (C=O) groups is 1. The summed E-state index contributed by atoms with van der Waals surface area (Å²) in [6, 6.07) is 0. The van der Waals surface area contributed by atoms with E-state index in [1.54, 1.807) is 6.08 Å². The van der Waals surface area contributed by atoms with Gasteiger partial charge in [0.1, 0.15) is 18.0 Å². The lowest BCUT2D eigenvalue weighted by molar-refractivity contribution is -0.130. The highest BCUT2D eigenvalue weighted by atomic mass is 16.5. The number of allylic oxidation sites excluding steroid dienone is 3. The van der Waals surface area contributed by atoms with Crippen molar-refractivity contribution in [1.82, 2.24) is 0 Å². The number of Topliss-reactive ketones (excluding diaryl/α,β-unsaturated/α-hetero) is 1. The average Bonchev–Trinajstić information content (AvgIpc) is 2.25. The van der Waals surface area contributed by atoms with Crippen LogP contribution in [0.5, 0.6) is 0 Å². The molecule has 0 saturated heterocycles. The molecular formula is C15H22O3. The molecule has 0 amide bonds. The molecule has 3 nitrogen and oxygen atoms in total. The summed E-state index contributed by atoms with van der Waals surface area (Å²) in [5, 5.41) is 9.77. The molecule has 1 atom stereocenters. The van der Waals surface area contributed by atoms with Gasteiger partial charge < -0.3 is 9.84 Å². The molecule has 0 aliphatic heterocycles. The van der Waals surface area contributed by atoms with E-state index < -0.39 is 5.60 Å². The van der Waals surface area contributed by atoms with Crippen molar-refractivity contribution in [3.63, 3.8) is 0 Å². The first kappa shape index (κ1) is 14.7. The van der Waals surface area contributed by atoms with Crippen molar-refractivity contribution in [2.75, 3.05) is 6.61 Å². The van der Waals surface area contributed by atoms with Crippen LogP contribution in [0.2, 0.25) is 0 Å². The van der Waals surface area contributed by atoms with Gasteiger partial charge in [-0.15, -0.1) is 0 Å². The van der Waals surface area contributed by atoms with Gasteiger partial charge in [0.2, 0.25) is 0 Å². The Morgan fingerprint density at radius 2 is 2.28 bits per heavy atom. The van der Waals surface area contributed by atoms with Gasteiger partial charge in [-0.25, -0.2) is 0 Å². The third-order valence-electron chi connectivity index (χ3n) is 2.96. The standard InChI is InChI=1S/C15H22O3/c1-6-7-18-13-10(2)8-12(9-11(13)3)14(16)15(4,5)17/h6,8,11,17H,1,7,9H2,2-5H3. The SMILES string of the molecule is C=CCOC1=C(C)C=C(C(=O)C(C)(C)O)CC1C. The first-order valence-electron chi connectivity index (χ1n) is 6.19. The fraction of sp³-hybridized carbons (Fsp3) is 0.533. The predicted molar refractivity (Wildman–Crippen MR) is 72.0 cm³/mol. The third-order valence-corrected chi connectivity index (χ3v) is 2.96. The fourth-order valence-electron chi connectivity index (χ4n) is 2.16. The van der Waals surface area contributed by atoms with Crippen LogP contribution in [0.4, 0.5) is 0 Å². The molecule has 1 aliphatic carbocycles. The Bertz CT molecular complexity index is 408. The van der Waals surface area contributed by atoms with E-state index in [0.29, 0.717) is 18.6 Å². The van der Waals surface area contributed by atoms with E-state index in [2.05, 4.69) is 6.58 Å². The van der Waals surface area contributed by atoms with Crippen LogP contribution in [0.1, 0.15) is 34.1 Å². The zero-order valence-corrected chi connectivity index (χ0v) is 11.6. The molecule has 3 heteroatoms. The summed E-state index contributed by atoms with van der Waals surface area (Å²) in [5.74, 6) is 0.843. The van der Waals surface area contributed by atoms with Crippen LogP contribution in [-0.4, -0.2) is 23.1 Å². The predicted octanol–water partition coefficient (Wildman–Crippen LogP) is 2.77. The molecule has 0 bridgehead atoms. The molecule has 0 heterocycles. The summed E-state index contributed by atoms with van der Waals surface area (Å²) >= 11 is 0. The van der Waals surface area contributed by atoms with Crippen molar-refractivity contribution in [2.45, 2.75) is 39.7 Å². The second-order valence-electron chi connectivity index (χ2n) is 5.31. The quantitative estimate of drug-likeness (QED) is 0.763. The van der Waals surface area contributed by atoms with Gasteiger partial charge in [-0.1, -0.05) is 19.6 Å². The molecule has 1 rings (SSSR count). The lowest BCUT2D eigenvalue weighted by Crippen LogP contribution is -2.33. The second-order valence-corrected chi connectivity index (χ2v) is 5.31. The Morgan fingerprint density at radius 3 is 2.72 bits per heavy atom. The Hall–Kier alpha value is -1.35. The zero-order valence-electron chi connectivity index (χ0n) is 11.6. The smallest absolute Gasteiger partial charge is 0.189 e. The van der Waals surface area contributed by atoms with Gasteiger partial charge in [-0.3, -0.25) is 4.79 Å². The molecule has 0 spiro atoms. The van der Waals surface area contributed by atoms with E-state index in [0.717, 1.165) is 11.3 Å². The average molecular weight is 250 g/mol. The van der Waals surface area contributed by atoms with Crippen LogP contribution in [0, 0.1) is 5.92 Å². The summed E-state index contributed by atoms with van der Waals surface area (Å²) in [7, 11) is 0. The largest absolute Gasteiger partial charge is 0.493 e. The second kappa shape index (κ2) is 5.53. The van der Waals surface area contributed by atoms with Crippen LogP contribution in [0.25, 0.3) is 0 Å². The van der Waals surface area contributed by atoms with Crippen LogP contribution in [-0.2, 0) is 9.53 Å². The maximum Gasteiger partial charge on any atom is 0.189 e. The summed E-state index contributed by atoms with van der Waals surface area (Å²) in [6.07, 6.45) is 4.12. The molecule has 0 saturated carbocycles. The number of aliphatic hydroxyl groups is 1. The van der Waals surface area contributed by atoms with Crippen LogP contribution in [0.3, 0.4) is 0 Å². The maximum absolute atomic E-state index is 12.0. The molecule has 100 valence electrons. The van der Waals surface area contributed by atoms with E-state index >= 15 is 0 Å². The van der Waals surface area contributed by atoms with Crippen molar-refractivity contribution >= 4 is 5.78 Å². The summed E-state index contributed by atoms with van der Waals surface area (Å²) in [4.78, 5) is 12.0. The number of hydrogen-bond donors (Lipinski definition) is 1. The number of ether oxygens (including phenoxy) is 1. The molecule has 0 aromatic carbocycles. The highest BCUT2D eigenvalue weighted by Crippen LogP contribution is 2.32. The van der Waals surface area contributed by atoms with Gasteiger partial charge in [0.05, 0.1) is 0 Å².